The minimum Gasteiger partial charge on any atom is -0.398 e. The molecule has 0 aliphatic rings. The number of nitrogens with one attached hydrogen (secondary N) is 1. The van der Waals surface area contributed by atoms with Crippen LogP contribution in [0.4, 0.5) is 5.69 Å². The van der Waals surface area contributed by atoms with Gasteiger partial charge in [-0.3, -0.25) is 0 Å². The van der Waals surface area contributed by atoms with Gasteiger partial charge in [-0.05, 0) is 34.1 Å². The van der Waals surface area contributed by atoms with Crippen molar-refractivity contribution in [3.63, 3.8) is 0 Å². The first-order valence-corrected chi connectivity index (χ1v) is 5.89. The molecule has 0 amide bonds. The number of nitrogens with two attached hydrogens (primary N) is 1. The largest absolute Gasteiger partial charge is 0.398 e. The summed E-state index contributed by atoms with van der Waals surface area (Å²) in [6.07, 6.45) is 1.72. The van der Waals surface area contributed by atoms with Crippen LogP contribution in [0.3, 0.4) is 0 Å². The number of anilines is 1. The zero-order valence-electron chi connectivity index (χ0n) is 8.81. The number of nitrogen functional groups attached to an aromatic ring is 1. The van der Waals surface area contributed by atoms with Gasteiger partial charge in [0, 0.05) is 21.9 Å². The second kappa shape index (κ2) is 3.85. The Labute approximate surface area is 106 Å². The van der Waals surface area contributed by atoms with Crippen LogP contribution in [0.1, 0.15) is 0 Å². The number of pyridine rings is 1. The Balaban J connectivity index is 2.22. The van der Waals surface area contributed by atoms with E-state index in [9.17, 15) is 0 Å². The lowest BCUT2D eigenvalue weighted by Gasteiger charge is -1.99. The van der Waals surface area contributed by atoms with Gasteiger partial charge in [0.05, 0.1) is 5.52 Å². The van der Waals surface area contributed by atoms with E-state index in [1.807, 2.05) is 30.3 Å². The smallest absolute Gasteiger partial charge is 0.178 e. The van der Waals surface area contributed by atoms with Crippen molar-refractivity contribution in [1.82, 2.24) is 15.0 Å². The number of hydrogen-bond donors (Lipinski definition) is 2. The van der Waals surface area contributed by atoms with Gasteiger partial charge in [0.1, 0.15) is 5.82 Å². The van der Waals surface area contributed by atoms with Gasteiger partial charge in [-0.1, -0.05) is 12.1 Å². The van der Waals surface area contributed by atoms with E-state index in [0.717, 1.165) is 21.4 Å². The summed E-state index contributed by atoms with van der Waals surface area (Å²) in [6, 6.07) is 9.56. The summed E-state index contributed by atoms with van der Waals surface area (Å²) in [4.78, 5) is 11.9. The maximum absolute atomic E-state index is 5.91. The number of aromatic amines is 1. The number of nitrogens with zero attached hydrogens (tertiary/aromatic N) is 2. The first-order chi connectivity index (χ1) is 8.24. The van der Waals surface area contributed by atoms with E-state index in [1.54, 1.807) is 6.20 Å². The molecule has 3 rings (SSSR count). The summed E-state index contributed by atoms with van der Waals surface area (Å²) in [5, 5.41) is 0. The molecule has 0 saturated heterocycles. The fourth-order valence-corrected chi connectivity index (χ4v) is 2.05. The molecule has 0 saturated carbocycles. The van der Waals surface area contributed by atoms with Gasteiger partial charge in [0.15, 0.2) is 5.65 Å². The van der Waals surface area contributed by atoms with Crippen molar-refractivity contribution in [1.29, 1.82) is 0 Å². The molecule has 4 nitrogen and oxygen atoms in total. The molecule has 0 spiro atoms. The van der Waals surface area contributed by atoms with Crippen LogP contribution in [0.25, 0.3) is 22.6 Å². The predicted molar refractivity (Wildman–Crippen MR) is 71.4 cm³/mol. The molecule has 5 heteroatoms. The Morgan fingerprint density at radius 2 is 2.06 bits per heavy atom. The Hall–Kier alpha value is -1.88. The molecule has 0 atom stereocenters. The number of hydrogen-bond acceptors (Lipinski definition) is 3. The zero-order valence-corrected chi connectivity index (χ0v) is 10.4. The average Bonchev–Trinajstić information content (AvgIpc) is 2.72. The molecule has 0 radical (unpaired) electrons. The van der Waals surface area contributed by atoms with Crippen LogP contribution in [-0.2, 0) is 0 Å². The van der Waals surface area contributed by atoms with Crippen LogP contribution in [0.15, 0.2) is 41.0 Å². The average molecular weight is 289 g/mol. The number of benzene rings is 1. The van der Waals surface area contributed by atoms with Crippen LogP contribution < -0.4 is 5.73 Å². The number of para-hydroxylation sites is 1. The van der Waals surface area contributed by atoms with Gasteiger partial charge < -0.3 is 10.7 Å². The molecule has 3 aromatic rings. The monoisotopic (exact) mass is 288 g/mol. The summed E-state index contributed by atoms with van der Waals surface area (Å²) in [7, 11) is 0. The van der Waals surface area contributed by atoms with Gasteiger partial charge in [-0.25, -0.2) is 9.97 Å². The fraction of sp³-hybridized carbons (Fsp3) is 0. The fourth-order valence-electron chi connectivity index (χ4n) is 1.71. The minimum atomic E-state index is 0.687. The Bertz CT molecular complexity index is 690. The van der Waals surface area contributed by atoms with E-state index in [1.165, 1.54) is 0 Å². The topological polar surface area (TPSA) is 67.6 Å². The molecule has 84 valence electrons. The van der Waals surface area contributed by atoms with Gasteiger partial charge in [0.2, 0.25) is 0 Å². The zero-order chi connectivity index (χ0) is 11.8. The van der Waals surface area contributed by atoms with Gasteiger partial charge in [-0.2, -0.15) is 0 Å². The van der Waals surface area contributed by atoms with Crippen molar-refractivity contribution in [2.24, 2.45) is 0 Å². The third kappa shape index (κ3) is 1.78. The number of halogens is 1. The molecular formula is C12H9BrN4. The van der Waals surface area contributed by atoms with Crippen molar-refractivity contribution in [3.8, 4) is 11.4 Å². The Kier molecular flexibility index (Phi) is 2.33. The Morgan fingerprint density at radius 1 is 1.24 bits per heavy atom. The molecule has 0 aliphatic heterocycles. The molecule has 17 heavy (non-hydrogen) atoms. The van der Waals surface area contributed by atoms with Crippen molar-refractivity contribution in [3.05, 3.63) is 41.0 Å². The normalized spacial score (nSPS) is 10.9. The van der Waals surface area contributed by atoms with Crippen LogP contribution in [-0.4, -0.2) is 15.0 Å². The number of fused-ring (bicyclic) bond motifs is 1. The number of rotatable bonds is 1. The van der Waals surface area contributed by atoms with Crippen LogP contribution in [0.5, 0.6) is 0 Å². The van der Waals surface area contributed by atoms with Crippen LogP contribution in [0, 0.1) is 0 Å². The van der Waals surface area contributed by atoms with E-state index in [0.29, 0.717) is 11.3 Å². The van der Waals surface area contributed by atoms with E-state index in [-0.39, 0.29) is 0 Å². The van der Waals surface area contributed by atoms with Crippen molar-refractivity contribution >= 4 is 32.8 Å². The van der Waals surface area contributed by atoms with E-state index < -0.39 is 0 Å². The second-order valence-electron chi connectivity index (χ2n) is 3.70. The van der Waals surface area contributed by atoms with E-state index >= 15 is 0 Å². The molecule has 3 N–H and O–H groups in total. The van der Waals surface area contributed by atoms with Crippen molar-refractivity contribution < 1.29 is 0 Å². The number of aromatic nitrogens is 3. The maximum Gasteiger partial charge on any atom is 0.178 e. The molecule has 0 fully saturated rings. The number of imidazole rings is 1. The van der Waals surface area contributed by atoms with E-state index in [2.05, 4.69) is 30.9 Å². The Morgan fingerprint density at radius 3 is 2.88 bits per heavy atom. The molecular weight excluding hydrogens is 280 g/mol. The lowest BCUT2D eigenvalue weighted by Crippen LogP contribution is -1.90. The standard InChI is InChI=1S/C12H9BrN4/c13-7-5-10-12(15-6-7)17-11(16-10)8-3-1-2-4-9(8)14/h1-6H,14H2,(H,15,16,17). The lowest BCUT2D eigenvalue weighted by atomic mass is 10.2. The predicted octanol–water partition coefficient (Wildman–Crippen LogP) is 2.97. The molecule has 2 aromatic heterocycles. The molecule has 0 bridgehead atoms. The quantitative estimate of drug-likeness (QED) is 0.677. The van der Waals surface area contributed by atoms with Crippen molar-refractivity contribution in [2.45, 2.75) is 0 Å². The van der Waals surface area contributed by atoms with Gasteiger partial charge >= 0.3 is 0 Å². The van der Waals surface area contributed by atoms with Gasteiger partial charge in [0.25, 0.3) is 0 Å². The minimum absolute atomic E-state index is 0.687. The summed E-state index contributed by atoms with van der Waals surface area (Å²) in [6.45, 7) is 0. The van der Waals surface area contributed by atoms with Crippen molar-refractivity contribution in [2.75, 3.05) is 5.73 Å². The molecule has 1 aromatic carbocycles. The maximum atomic E-state index is 5.91. The van der Waals surface area contributed by atoms with E-state index in [4.69, 9.17) is 5.73 Å². The highest BCUT2D eigenvalue weighted by atomic mass is 79.9. The summed E-state index contributed by atoms with van der Waals surface area (Å²) in [5.74, 6) is 0.740. The van der Waals surface area contributed by atoms with Gasteiger partial charge in [-0.15, -0.1) is 0 Å². The summed E-state index contributed by atoms with van der Waals surface area (Å²) in [5.41, 5.74) is 9.08. The third-order valence-electron chi connectivity index (χ3n) is 2.52. The molecule has 0 unspecified atom stereocenters. The third-order valence-corrected chi connectivity index (χ3v) is 2.95. The first kappa shape index (κ1) is 10.3. The molecule has 0 aliphatic carbocycles. The molecule has 2 heterocycles. The highest BCUT2D eigenvalue weighted by molar-refractivity contribution is 9.10. The van der Waals surface area contributed by atoms with Crippen LogP contribution in [0.2, 0.25) is 0 Å². The first-order valence-electron chi connectivity index (χ1n) is 5.10. The number of H-pyrrole nitrogens is 1. The SMILES string of the molecule is Nc1ccccc1-c1nc2ncc(Br)cc2[nH]1. The highest BCUT2D eigenvalue weighted by Crippen LogP contribution is 2.25. The lowest BCUT2D eigenvalue weighted by molar-refractivity contribution is 1.30. The summed E-state index contributed by atoms with van der Waals surface area (Å²) < 4.78 is 0.918. The second-order valence-corrected chi connectivity index (χ2v) is 4.61. The summed E-state index contributed by atoms with van der Waals surface area (Å²) >= 11 is 3.38. The highest BCUT2D eigenvalue weighted by Gasteiger charge is 2.08. The van der Waals surface area contributed by atoms with Crippen LogP contribution >= 0.6 is 15.9 Å².